The minimum Gasteiger partial charge on any atom is -0.119 e. The van der Waals surface area contributed by atoms with Crippen molar-refractivity contribution in [3.05, 3.63) is 66.7 Å². The Morgan fingerprint density at radius 3 is 2.47 bits per heavy atom. The summed E-state index contributed by atoms with van der Waals surface area (Å²) in [6.07, 6.45) is 0. The predicted octanol–water partition coefficient (Wildman–Crippen LogP) is 2.99. The second-order valence-electron chi connectivity index (χ2n) is 4.54. The number of rotatable bonds is 1. The summed E-state index contributed by atoms with van der Waals surface area (Å²) >= 11 is 0. The van der Waals surface area contributed by atoms with Gasteiger partial charge in [0.05, 0.1) is 0 Å². The number of H-pyrrole nitrogens is 1. The van der Waals surface area contributed by atoms with Crippen molar-refractivity contribution in [3.8, 4) is 5.69 Å². The molecular weight excluding hydrogens is 234 g/mol. The molecule has 0 radical (unpaired) electrons. The minimum atomic E-state index is 0.975. The van der Waals surface area contributed by atoms with E-state index in [-0.39, 0.29) is 0 Å². The molecule has 0 spiro atoms. The monoisotopic (exact) mass is 246 g/mol. The zero-order chi connectivity index (χ0) is 12.7. The molecule has 0 amide bonds. The van der Waals surface area contributed by atoms with Gasteiger partial charge in [-0.05, 0) is 35.7 Å². The van der Waals surface area contributed by atoms with Gasteiger partial charge < -0.3 is 0 Å². The molecule has 1 N–H and O–H groups in total. The quantitative estimate of drug-likeness (QED) is 0.514. The van der Waals surface area contributed by atoms with Crippen molar-refractivity contribution in [2.24, 2.45) is 0 Å². The third kappa shape index (κ3) is 1.52. The maximum absolute atomic E-state index is 4.38. The molecule has 19 heavy (non-hydrogen) atoms. The van der Waals surface area contributed by atoms with E-state index in [2.05, 4.69) is 52.8 Å². The van der Waals surface area contributed by atoms with Gasteiger partial charge in [-0.2, -0.15) is 0 Å². The van der Waals surface area contributed by atoms with Crippen LogP contribution < -0.4 is 4.68 Å². The van der Waals surface area contributed by atoms with Crippen LogP contribution in [0.1, 0.15) is 0 Å². The van der Waals surface area contributed by atoms with Gasteiger partial charge in [-0.3, -0.25) is 0 Å². The molecule has 90 valence electrons. The summed E-state index contributed by atoms with van der Waals surface area (Å²) in [6.45, 7) is 0. The van der Waals surface area contributed by atoms with Gasteiger partial charge in [0.2, 0.25) is 11.0 Å². The summed E-state index contributed by atoms with van der Waals surface area (Å²) in [5.74, 6) is 0. The predicted molar refractivity (Wildman–Crippen MR) is 75.1 cm³/mol. The summed E-state index contributed by atoms with van der Waals surface area (Å²) < 4.78 is 2.03. The molecule has 0 bridgehead atoms. The summed E-state index contributed by atoms with van der Waals surface area (Å²) in [6, 6.07) is 22.7. The number of aromatic amines is 1. The Balaban J connectivity index is 2.15. The molecule has 0 aliphatic heterocycles. The molecule has 0 saturated carbocycles. The van der Waals surface area contributed by atoms with Crippen LogP contribution in [0.2, 0.25) is 0 Å². The lowest BCUT2D eigenvalue weighted by Gasteiger charge is -1.98. The molecule has 1 aromatic heterocycles. The number of nitrogens with one attached hydrogen (secondary N) is 1. The average molecular weight is 246 g/mol. The minimum absolute atomic E-state index is 0.975. The molecule has 3 heteroatoms. The van der Waals surface area contributed by atoms with Gasteiger partial charge in [0.25, 0.3) is 0 Å². The van der Waals surface area contributed by atoms with Crippen LogP contribution in [0.5, 0.6) is 0 Å². The first kappa shape index (κ1) is 10.3. The molecule has 0 aliphatic carbocycles. The van der Waals surface area contributed by atoms with E-state index in [0.717, 1.165) is 16.7 Å². The zero-order valence-corrected chi connectivity index (χ0v) is 10.2. The Labute approximate surface area is 110 Å². The highest BCUT2D eigenvalue weighted by molar-refractivity contribution is 6.02. The Hall–Kier alpha value is -2.68. The molecule has 3 aromatic carbocycles. The second kappa shape index (κ2) is 3.92. The van der Waals surface area contributed by atoms with Crippen LogP contribution in [0, 0.1) is 0 Å². The molecule has 1 heterocycles. The van der Waals surface area contributed by atoms with Crippen LogP contribution in [-0.4, -0.2) is 10.3 Å². The molecule has 0 unspecified atom stereocenters. The second-order valence-corrected chi connectivity index (χ2v) is 4.54. The molecule has 4 aromatic rings. The highest BCUT2D eigenvalue weighted by Gasteiger charge is 2.16. The smallest absolute Gasteiger partial charge is 0.119 e. The number of fused-ring (bicyclic) bond motifs is 3. The highest BCUT2D eigenvalue weighted by atomic mass is 15.4. The van der Waals surface area contributed by atoms with E-state index in [1.54, 1.807) is 0 Å². The standard InChI is InChI=1S/C16H11N3/c1-2-7-13(8-3-1)19-16-14-9-5-4-6-12(14)10-11-15(16)17-18-19/h1-11H/p+1. The number of nitrogens with zero attached hydrogens (tertiary/aromatic N) is 2. The van der Waals surface area contributed by atoms with E-state index in [4.69, 9.17) is 0 Å². The first-order valence-corrected chi connectivity index (χ1v) is 6.27. The normalized spacial score (nSPS) is 11.2. The number of hydrogen-bond donors (Lipinski definition) is 1. The summed E-state index contributed by atoms with van der Waals surface area (Å²) in [4.78, 5) is 0. The summed E-state index contributed by atoms with van der Waals surface area (Å²) in [5.41, 5.74) is 3.17. The lowest BCUT2D eigenvalue weighted by molar-refractivity contribution is -0.633. The lowest BCUT2D eigenvalue weighted by atomic mass is 10.1. The topological polar surface area (TPSA) is 32.6 Å². The van der Waals surface area contributed by atoms with Crippen LogP contribution in [0.4, 0.5) is 0 Å². The van der Waals surface area contributed by atoms with E-state index >= 15 is 0 Å². The molecular formula is C16H12N3+. The fourth-order valence-corrected chi connectivity index (χ4v) is 2.49. The van der Waals surface area contributed by atoms with Crippen molar-refractivity contribution in [2.75, 3.05) is 0 Å². The van der Waals surface area contributed by atoms with Crippen LogP contribution in [0.3, 0.4) is 0 Å². The molecule has 0 atom stereocenters. The SMILES string of the molecule is c1ccc(-[n+]2[nH]nc3ccc4ccccc4c32)cc1. The van der Waals surface area contributed by atoms with Crippen molar-refractivity contribution in [2.45, 2.75) is 0 Å². The largest absolute Gasteiger partial charge is 0.250 e. The first-order valence-electron chi connectivity index (χ1n) is 6.27. The van der Waals surface area contributed by atoms with Crippen LogP contribution in [0.25, 0.3) is 27.5 Å². The maximum Gasteiger partial charge on any atom is 0.250 e. The fourth-order valence-electron chi connectivity index (χ4n) is 2.49. The third-order valence-electron chi connectivity index (χ3n) is 3.39. The summed E-state index contributed by atoms with van der Waals surface area (Å²) in [7, 11) is 0. The van der Waals surface area contributed by atoms with E-state index in [0.29, 0.717) is 0 Å². The maximum atomic E-state index is 4.38. The fraction of sp³-hybridized carbons (Fsp3) is 0. The van der Waals surface area contributed by atoms with Crippen LogP contribution in [-0.2, 0) is 0 Å². The van der Waals surface area contributed by atoms with Crippen LogP contribution in [0.15, 0.2) is 66.7 Å². The van der Waals surface area contributed by atoms with Gasteiger partial charge in [0.1, 0.15) is 0 Å². The number of hydrogen-bond acceptors (Lipinski definition) is 1. The molecule has 4 rings (SSSR count). The van der Waals surface area contributed by atoms with Crippen molar-refractivity contribution >= 4 is 21.8 Å². The Bertz CT molecular complexity index is 863. The Morgan fingerprint density at radius 2 is 1.58 bits per heavy atom. The van der Waals surface area contributed by atoms with Gasteiger partial charge >= 0.3 is 0 Å². The van der Waals surface area contributed by atoms with Gasteiger partial charge in [0.15, 0.2) is 5.69 Å². The van der Waals surface area contributed by atoms with Gasteiger partial charge in [-0.15, -0.1) is 4.68 Å². The van der Waals surface area contributed by atoms with Crippen LogP contribution >= 0.6 is 0 Å². The molecule has 3 nitrogen and oxygen atoms in total. The highest BCUT2D eigenvalue weighted by Crippen LogP contribution is 2.21. The van der Waals surface area contributed by atoms with E-state index in [1.807, 2.05) is 28.9 Å². The van der Waals surface area contributed by atoms with Gasteiger partial charge in [-0.25, -0.2) is 0 Å². The van der Waals surface area contributed by atoms with Gasteiger partial charge in [0, 0.05) is 10.5 Å². The van der Waals surface area contributed by atoms with Crippen molar-refractivity contribution < 1.29 is 4.68 Å². The number of aromatic nitrogens is 3. The molecule has 0 saturated heterocycles. The molecule has 0 aliphatic rings. The Morgan fingerprint density at radius 1 is 0.789 bits per heavy atom. The van der Waals surface area contributed by atoms with E-state index < -0.39 is 0 Å². The van der Waals surface area contributed by atoms with E-state index in [1.165, 1.54) is 10.8 Å². The Kier molecular flexibility index (Phi) is 2.12. The number of benzene rings is 3. The summed E-state index contributed by atoms with van der Waals surface area (Å²) in [5, 5.41) is 9.90. The van der Waals surface area contributed by atoms with Crippen molar-refractivity contribution in [1.29, 1.82) is 0 Å². The zero-order valence-electron chi connectivity index (χ0n) is 10.2. The first-order chi connectivity index (χ1) is 9.43. The van der Waals surface area contributed by atoms with E-state index in [9.17, 15) is 0 Å². The molecule has 0 fully saturated rings. The van der Waals surface area contributed by atoms with Gasteiger partial charge in [-0.1, -0.05) is 41.6 Å². The third-order valence-corrected chi connectivity index (χ3v) is 3.39. The van der Waals surface area contributed by atoms with Crippen molar-refractivity contribution in [1.82, 2.24) is 10.3 Å². The lowest BCUT2D eigenvalue weighted by Crippen LogP contribution is -2.33. The average Bonchev–Trinajstić information content (AvgIpc) is 2.92. The van der Waals surface area contributed by atoms with Crippen molar-refractivity contribution in [3.63, 3.8) is 0 Å². The number of para-hydroxylation sites is 1.